The molecule has 5 heteroatoms. The van der Waals surface area contributed by atoms with Gasteiger partial charge in [-0.2, -0.15) is 5.11 Å². The van der Waals surface area contributed by atoms with E-state index in [-0.39, 0.29) is 17.0 Å². The number of phenols is 1. The Hall–Kier alpha value is -3.21. The van der Waals surface area contributed by atoms with Crippen molar-refractivity contribution in [3.63, 3.8) is 0 Å². The van der Waals surface area contributed by atoms with Crippen molar-refractivity contribution in [3.8, 4) is 5.75 Å². The summed E-state index contributed by atoms with van der Waals surface area (Å²) in [6.45, 7) is 5.96. The summed E-state index contributed by atoms with van der Waals surface area (Å²) in [6, 6.07) is 12.6. The Morgan fingerprint density at radius 3 is 2.32 bits per heavy atom. The van der Waals surface area contributed by atoms with Crippen LogP contribution in [0.5, 0.6) is 5.75 Å². The van der Waals surface area contributed by atoms with Gasteiger partial charge in [-0.05, 0) is 55.0 Å². The van der Waals surface area contributed by atoms with Gasteiger partial charge in [-0.15, -0.1) is 5.11 Å². The highest BCUT2D eigenvalue weighted by molar-refractivity contribution is 6.04. The van der Waals surface area contributed by atoms with Gasteiger partial charge in [-0.1, -0.05) is 30.3 Å². The Labute approximate surface area is 145 Å². The van der Waals surface area contributed by atoms with Crippen molar-refractivity contribution < 1.29 is 15.0 Å². The lowest BCUT2D eigenvalue weighted by atomic mass is 10.0. The maximum Gasteiger partial charge on any atom is 0.339 e. The first-order chi connectivity index (χ1) is 11.9. The maximum absolute atomic E-state index is 11.4. The van der Waals surface area contributed by atoms with E-state index in [1.54, 1.807) is 18.2 Å². The van der Waals surface area contributed by atoms with Crippen LogP contribution in [-0.2, 0) is 0 Å². The highest BCUT2D eigenvalue weighted by Gasteiger charge is 2.17. The van der Waals surface area contributed by atoms with E-state index in [4.69, 9.17) is 0 Å². The summed E-state index contributed by atoms with van der Waals surface area (Å²) in [5, 5.41) is 29.5. The van der Waals surface area contributed by atoms with Crippen LogP contribution in [0.15, 0.2) is 52.7 Å². The van der Waals surface area contributed by atoms with Gasteiger partial charge >= 0.3 is 5.97 Å². The summed E-state index contributed by atoms with van der Waals surface area (Å²) in [5.74, 6) is -1.58. The Kier molecular flexibility index (Phi) is 4.23. The highest BCUT2D eigenvalue weighted by Crippen LogP contribution is 2.39. The molecule has 126 valence electrons. The fraction of sp³-hybridized carbons (Fsp3) is 0.150. The summed E-state index contributed by atoms with van der Waals surface area (Å²) < 4.78 is 0. The van der Waals surface area contributed by atoms with Crippen LogP contribution in [0.25, 0.3) is 10.8 Å². The third-order valence-corrected chi connectivity index (χ3v) is 4.30. The zero-order valence-electron chi connectivity index (χ0n) is 14.2. The van der Waals surface area contributed by atoms with Gasteiger partial charge in [0.15, 0.2) is 5.75 Å². The van der Waals surface area contributed by atoms with E-state index in [1.807, 2.05) is 39.0 Å². The van der Waals surface area contributed by atoms with Gasteiger partial charge in [0.2, 0.25) is 0 Å². The topological polar surface area (TPSA) is 82.2 Å². The molecule has 0 unspecified atom stereocenters. The molecule has 0 saturated carbocycles. The molecule has 0 amide bonds. The molecular weight excluding hydrogens is 316 g/mol. The van der Waals surface area contributed by atoms with E-state index >= 15 is 0 Å². The maximum atomic E-state index is 11.4. The van der Waals surface area contributed by atoms with Gasteiger partial charge < -0.3 is 10.2 Å². The molecule has 0 aromatic heterocycles. The van der Waals surface area contributed by atoms with Crippen molar-refractivity contribution in [2.24, 2.45) is 10.2 Å². The van der Waals surface area contributed by atoms with E-state index < -0.39 is 5.97 Å². The third-order valence-electron chi connectivity index (χ3n) is 4.30. The third kappa shape index (κ3) is 3.08. The van der Waals surface area contributed by atoms with Gasteiger partial charge in [-0.25, -0.2) is 4.79 Å². The predicted octanol–water partition coefficient (Wildman–Crippen LogP) is 5.58. The molecule has 25 heavy (non-hydrogen) atoms. The van der Waals surface area contributed by atoms with Gasteiger partial charge in [0.25, 0.3) is 0 Å². The molecule has 0 heterocycles. The SMILES string of the molecule is Cc1cc(C)c(N=Nc2c(O)c(C(=O)O)cc3ccccc23)cc1C. The first kappa shape index (κ1) is 16.6. The van der Waals surface area contributed by atoms with Crippen LogP contribution >= 0.6 is 0 Å². The molecule has 0 aliphatic rings. The largest absolute Gasteiger partial charge is 0.505 e. The number of carboxylic acids is 1. The predicted molar refractivity (Wildman–Crippen MR) is 97.4 cm³/mol. The summed E-state index contributed by atoms with van der Waals surface area (Å²) in [6.07, 6.45) is 0. The summed E-state index contributed by atoms with van der Waals surface area (Å²) in [7, 11) is 0. The summed E-state index contributed by atoms with van der Waals surface area (Å²) in [5.41, 5.74) is 3.88. The van der Waals surface area contributed by atoms with Crippen molar-refractivity contribution >= 4 is 28.1 Å². The van der Waals surface area contributed by atoms with E-state index in [0.29, 0.717) is 16.5 Å². The highest BCUT2D eigenvalue weighted by atomic mass is 16.4. The van der Waals surface area contributed by atoms with Crippen LogP contribution in [0.4, 0.5) is 11.4 Å². The number of aromatic carboxylic acids is 1. The number of azo groups is 1. The number of carbonyl (C=O) groups is 1. The molecule has 0 bridgehead atoms. The fourth-order valence-electron chi connectivity index (χ4n) is 2.74. The van der Waals surface area contributed by atoms with Crippen LogP contribution in [0.1, 0.15) is 27.0 Å². The standard InChI is InChI=1S/C20H18N2O3/c1-11-8-13(3)17(9-12(11)2)21-22-18-15-7-5-4-6-14(15)10-16(19(18)23)20(24)25/h4-10,23H,1-3H3,(H,24,25). The second kappa shape index (κ2) is 6.36. The molecule has 3 aromatic carbocycles. The second-order valence-electron chi connectivity index (χ2n) is 6.07. The summed E-state index contributed by atoms with van der Waals surface area (Å²) in [4.78, 5) is 11.4. The number of aromatic hydroxyl groups is 1. The number of carboxylic acid groups (broad SMARTS) is 1. The number of fused-ring (bicyclic) bond motifs is 1. The van der Waals surface area contributed by atoms with E-state index in [1.165, 1.54) is 6.07 Å². The zero-order valence-corrected chi connectivity index (χ0v) is 14.2. The minimum Gasteiger partial charge on any atom is -0.505 e. The first-order valence-corrected chi connectivity index (χ1v) is 7.86. The number of aryl methyl sites for hydroxylation is 3. The Balaban J connectivity index is 2.20. The lowest BCUT2D eigenvalue weighted by Crippen LogP contribution is -1.97. The Bertz CT molecular complexity index is 1020. The van der Waals surface area contributed by atoms with Crippen LogP contribution in [-0.4, -0.2) is 16.2 Å². The molecule has 3 rings (SSSR count). The van der Waals surface area contributed by atoms with Crippen molar-refractivity contribution in [1.29, 1.82) is 0 Å². The fourth-order valence-corrected chi connectivity index (χ4v) is 2.74. The average molecular weight is 334 g/mol. The zero-order chi connectivity index (χ0) is 18.1. The van der Waals surface area contributed by atoms with Crippen molar-refractivity contribution in [2.45, 2.75) is 20.8 Å². The minimum atomic E-state index is -1.21. The number of rotatable bonds is 3. The average Bonchev–Trinajstić information content (AvgIpc) is 2.57. The molecule has 0 saturated heterocycles. The monoisotopic (exact) mass is 334 g/mol. The second-order valence-corrected chi connectivity index (χ2v) is 6.07. The van der Waals surface area contributed by atoms with Gasteiger partial charge in [0.05, 0.1) is 5.69 Å². The van der Waals surface area contributed by atoms with Crippen molar-refractivity contribution in [2.75, 3.05) is 0 Å². The van der Waals surface area contributed by atoms with Crippen LogP contribution in [0, 0.1) is 20.8 Å². The summed E-state index contributed by atoms with van der Waals surface area (Å²) >= 11 is 0. The van der Waals surface area contributed by atoms with Crippen LogP contribution < -0.4 is 0 Å². The number of hydrogen-bond donors (Lipinski definition) is 2. The molecule has 0 aliphatic carbocycles. The smallest absolute Gasteiger partial charge is 0.339 e. The Morgan fingerprint density at radius 2 is 1.60 bits per heavy atom. The lowest BCUT2D eigenvalue weighted by molar-refractivity contribution is 0.0694. The number of benzene rings is 3. The van der Waals surface area contributed by atoms with E-state index in [2.05, 4.69) is 10.2 Å². The van der Waals surface area contributed by atoms with E-state index in [9.17, 15) is 15.0 Å². The molecule has 0 aliphatic heterocycles. The Morgan fingerprint density at radius 1 is 0.920 bits per heavy atom. The normalized spacial score (nSPS) is 11.3. The van der Waals surface area contributed by atoms with Crippen molar-refractivity contribution in [3.05, 3.63) is 64.7 Å². The van der Waals surface area contributed by atoms with Gasteiger partial charge in [-0.3, -0.25) is 0 Å². The van der Waals surface area contributed by atoms with Crippen molar-refractivity contribution in [1.82, 2.24) is 0 Å². The molecule has 0 fully saturated rings. The van der Waals surface area contributed by atoms with Crippen LogP contribution in [0.2, 0.25) is 0 Å². The van der Waals surface area contributed by atoms with Crippen LogP contribution in [0.3, 0.4) is 0 Å². The number of hydrogen-bond acceptors (Lipinski definition) is 4. The molecule has 0 atom stereocenters. The first-order valence-electron chi connectivity index (χ1n) is 7.86. The lowest BCUT2D eigenvalue weighted by Gasteiger charge is -2.08. The van der Waals surface area contributed by atoms with E-state index in [0.717, 1.165) is 16.7 Å². The molecular formula is C20H18N2O3. The molecule has 0 radical (unpaired) electrons. The molecule has 0 spiro atoms. The minimum absolute atomic E-state index is 0.160. The number of nitrogens with zero attached hydrogens (tertiary/aromatic N) is 2. The van der Waals surface area contributed by atoms with Gasteiger partial charge in [0, 0.05) is 5.39 Å². The molecule has 5 nitrogen and oxygen atoms in total. The van der Waals surface area contributed by atoms with Gasteiger partial charge in [0.1, 0.15) is 11.3 Å². The quantitative estimate of drug-likeness (QED) is 0.613. The molecule has 2 N–H and O–H groups in total. The molecule has 3 aromatic rings.